The Balaban J connectivity index is 0.000000415. The van der Waals surface area contributed by atoms with Gasteiger partial charge in [-0.25, -0.2) is 0 Å². The number of rotatable bonds is 1. The standard InChI is InChI=1S/C16H15FN4.C4H10/c1-20-10-11-6-2-3-7-12(11)16-15(18-19-21(16)17)13-8-4-5-9-14(13)20;1-3-4-2/h2-9,18-19H,10H2,1H3;3-4H2,1-2H3. The van der Waals surface area contributed by atoms with Crippen molar-refractivity contribution in [2.45, 2.75) is 33.2 Å². The maximum atomic E-state index is 14.2. The van der Waals surface area contributed by atoms with E-state index in [1.807, 2.05) is 42.5 Å². The molecule has 2 heterocycles. The van der Waals surface area contributed by atoms with E-state index in [1.54, 1.807) is 0 Å². The van der Waals surface area contributed by atoms with Gasteiger partial charge in [0, 0.05) is 30.4 Å². The SMILES string of the molecule is CCCC.CN1Cc2ccccc2C2=C(NNN2F)c2ccccc21. The summed E-state index contributed by atoms with van der Waals surface area (Å²) in [5, 5.41) is 0.552. The van der Waals surface area contributed by atoms with Crippen LogP contribution >= 0.6 is 0 Å². The summed E-state index contributed by atoms with van der Waals surface area (Å²) in [5.74, 6) is 0. The summed E-state index contributed by atoms with van der Waals surface area (Å²) in [6.45, 7) is 5.10. The average molecular weight is 340 g/mol. The molecule has 0 unspecified atom stereocenters. The molecule has 2 N–H and O–H groups in total. The highest BCUT2D eigenvalue weighted by Crippen LogP contribution is 2.38. The third-order valence-corrected chi connectivity index (χ3v) is 4.48. The second-order valence-corrected chi connectivity index (χ2v) is 6.27. The predicted octanol–water partition coefficient (Wildman–Crippen LogP) is 4.48. The van der Waals surface area contributed by atoms with Gasteiger partial charge in [0.2, 0.25) is 0 Å². The summed E-state index contributed by atoms with van der Waals surface area (Å²) in [5.41, 5.74) is 10.8. The van der Waals surface area contributed by atoms with Crippen molar-refractivity contribution in [1.29, 1.82) is 0 Å². The lowest BCUT2D eigenvalue weighted by atomic mass is 9.97. The van der Waals surface area contributed by atoms with Crippen LogP contribution in [-0.2, 0) is 6.54 Å². The van der Waals surface area contributed by atoms with Gasteiger partial charge in [-0.15, -0.1) is 10.8 Å². The third-order valence-electron chi connectivity index (χ3n) is 4.48. The molecule has 4 rings (SSSR count). The minimum Gasteiger partial charge on any atom is -0.370 e. The van der Waals surface area contributed by atoms with Crippen LogP contribution in [0.25, 0.3) is 11.4 Å². The number of unbranched alkanes of at least 4 members (excludes halogenated alkanes) is 1. The Kier molecular flexibility index (Phi) is 5.24. The molecular formula is C20H25FN4. The lowest BCUT2D eigenvalue weighted by Gasteiger charge is -2.27. The lowest BCUT2D eigenvalue weighted by molar-refractivity contribution is 0.0425. The topological polar surface area (TPSA) is 30.5 Å². The molecule has 2 aliphatic rings. The molecule has 2 aliphatic heterocycles. The first-order chi connectivity index (χ1) is 12.2. The van der Waals surface area contributed by atoms with Gasteiger partial charge in [0.25, 0.3) is 0 Å². The van der Waals surface area contributed by atoms with Crippen molar-refractivity contribution in [2.75, 3.05) is 11.9 Å². The molecule has 0 fully saturated rings. The van der Waals surface area contributed by atoms with Gasteiger partial charge in [0.1, 0.15) is 5.70 Å². The molecule has 25 heavy (non-hydrogen) atoms. The molecule has 0 saturated heterocycles. The summed E-state index contributed by atoms with van der Waals surface area (Å²) < 4.78 is 14.2. The molecule has 132 valence electrons. The second-order valence-electron chi connectivity index (χ2n) is 6.27. The minimum atomic E-state index is 0.533. The summed E-state index contributed by atoms with van der Waals surface area (Å²) >= 11 is 0. The highest BCUT2D eigenvalue weighted by molar-refractivity contribution is 5.95. The van der Waals surface area contributed by atoms with Gasteiger partial charge in [-0.2, -0.15) is 0 Å². The Hall–Kier alpha value is -2.53. The third kappa shape index (κ3) is 3.33. The highest BCUT2D eigenvalue weighted by atomic mass is 19.2. The van der Waals surface area contributed by atoms with Crippen molar-refractivity contribution in [2.24, 2.45) is 0 Å². The Morgan fingerprint density at radius 2 is 1.60 bits per heavy atom. The number of hydrogen-bond acceptors (Lipinski definition) is 4. The fourth-order valence-corrected chi connectivity index (χ4v) is 3.00. The monoisotopic (exact) mass is 340 g/mol. The van der Waals surface area contributed by atoms with Gasteiger partial charge >= 0.3 is 0 Å². The van der Waals surface area contributed by atoms with Crippen LogP contribution in [-0.4, -0.2) is 12.3 Å². The number of anilines is 1. The van der Waals surface area contributed by atoms with Gasteiger partial charge in [0.15, 0.2) is 0 Å². The van der Waals surface area contributed by atoms with Crippen LogP contribution in [0, 0.1) is 0 Å². The zero-order valence-corrected chi connectivity index (χ0v) is 15.0. The maximum Gasteiger partial charge on any atom is 0.122 e. The molecule has 2 aromatic rings. The Morgan fingerprint density at radius 1 is 0.960 bits per heavy atom. The average Bonchev–Trinajstić information content (AvgIpc) is 3.02. The molecule has 0 atom stereocenters. The van der Waals surface area contributed by atoms with Crippen molar-refractivity contribution in [3.05, 3.63) is 65.2 Å². The second kappa shape index (κ2) is 7.57. The molecule has 5 heteroatoms. The molecule has 0 saturated carbocycles. The molecule has 0 amide bonds. The maximum absolute atomic E-state index is 14.2. The molecule has 2 aromatic carbocycles. The zero-order valence-electron chi connectivity index (χ0n) is 15.0. The van der Waals surface area contributed by atoms with E-state index in [0.717, 1.165) is 34.6 Å². The molecular weight excluding hydrogens is 315 g/mol. The number of nitrogens with one attached hydrogen (secondary N) is 2. The van der Waals surface area contributed by atoms with Crippen molar-refractivity contribution in [1.82, 2.24) is 16.2 Å². The molecule has 0 spiro atoms. The van der Waals surface area contributed by atoms with E-state index in [-0.39, 0.29) is 0 Å². The fraction of sp³-hybridized carbons (Fsp3) is 0.300. The van der Waals surface area contributed by atoms with E-state index in [4.69, 9.17) is 0 Å². The van der Waals surface area contributed by atoms with Crippen LogP contribution < -0.4 is 15.9 Å². The van der Waals surface area contributed by atoms with Crippen molar-refractivity contribution in [3.8, 4) is 0 Å². The first-order valence-electron chi connectivity index (χ1n) is 8.78. The molecule has 0 aromatic heterocycles. The number of para-hydroxylation sites is 1. The van der Waals surface area contributed by atoms with Gasteiger partial charge in [-0.05, 0) is 11.6 Å². The Bertz CT molecular complexity index is 770. The lowest BCUT2D eigenvalue weighted by Crippen LogP contribution is -2.31. The quantitative estimate of drug-likeness (QED) is 0.750. The van der Waals surface area contributed by atoms with Crippen LogP contribution in [0.1, 0.15) is 43.4 Å². The van der Waals surface area contributed by atoms with Crippen LogP contribution in [0.2, 0.25) is 0 Å². The van der Waals surface area contributed by atoms with E-state index in [9.17, 15) is 4.48 Å². The van der Waals surface area contributed by atoms with E-state index >= 15 is 0 Å². The van der Waals surface area contributed by atoms with Crippen molar-refractivity contribution < 1.29 is 4.48 Å². The number of hydrogen-bond donors (Lipinski definition) is 2. The largest absolute Gasteiger partial charge is 0.370 e. The Labute approximate surface area is 148 Å². The first kappa shape index (κ1) is 17.3. The number of hydrazine groups is 2. The zero-order chi connectivity index (χ0) is 17.8. The number of halogens is 1. The molecule has 0 aliphatic carbocycles. The summed E-state index contributed by atoms with van der Waals surface area (Å²) in [7, 11) is 2.05. The normalized spacial score (nSPS) is 15.2. The van der Waals surface area contributed by atoms with Crippen molar-refractivity contribution in [3.63, 3.8) is 0 Å². The predicted molar refractivity (Wildman–Crippen MR) is 102 cm³/mol. The number of benzene rings is 2. The van der Waals surface area contributed by atoms with E-state index in [2.05, 4.69) is 42.8 Å². The van der Waals surface area contributed by atoms with E-state index in [0.29, 0.717) is 10.9 Å². The minimum absolute atomic E-state index is 0.533. The molecule has 4 nitrogen and oxygen atoms in total. The van der Waals surface area contributed by atoms with Gasteiger partial charge in [-0.1, -0.05) is 73.6 Å². The Morgan fingerprint density at radius 3 is 2.32 bits per heavy atom. The van der Waals surface area contributed by atoms with Crippen LogP contribution in [0.5, 0.6) is 0 Å². The van der Waals surface area contributed by atoms with Crippen LogP contribution in [0.15, 0.2) is 48.5 Å². The van der Waals surface area contributed by atoms with Crippen molar-refractivity contribution >= 4 is 17.1 Å². The number of fused-ring (bicyclic) bond motifs is 4. The van der Waals surface area contributed by atoms with Crippen LogP contribution in [0.3, 0.4) is 0 Å². The molecule has 0 bridgehead atoms. The van der Waals surface area contributed by atoms with Gasteiger partial charge < -0.3 is 4.90 Å². The van der Waals surface area contributed by atoms with Gasteiger partial charge in [-0.3, -0.25) is 5.43 Å². The summed E-state index contributed by atoms with van der Waals surface area (Å²) in [6, 6.07) is 15.9. The molecule has 0 radical (unpaired) electrons. The van der Waals surface area contributed by atoms with E-state index < -0.39 is 0 Å². The summed E-state index contributed by atoms with van der Waals surface area (Å²) in [4.78, 5) is 2.18. The first-order valence-corrected chi connectivity index (χ1v) is 8.78. The number of nitrogens with zero attached hydrogens (tertiary/aromatic N) is 2. The van der Waals surface area contributed by atoms with E-state index in [1.165, 1.54) is 12.8 Å². The smallest absolute Gasteiger partial charge is 0.122 e. The van der Waals surface area contributed by atoms with Crippen LogP contribution in [0.4, 0.5) is 10.2 Å². The highest BCUT2D eigenvalue weighted by Gasteiger charge is 2.30. The fourth-order valence-electron chi connectivity index (χ4n) is 3.00. The van der Waals surface area contributed by atoms with Gasteiger partial charge in [0.05, 0.1) is 5.70 Å². The summed E-state index contributed by atoms with van der Waals surface area (Å²) in [6.07, 6.45) is 2.64.